The van der Waals surface area contributed by atoms with Crippen molar-refractivity contribution in [3.8, 4) is 5.75 Å². The molecule has 4 nitrogen and oxygen atoms in total. The molecule has 0 saturated heterocycles. The molecule has 0 amide bonds. The Bertz CT molecular complexity index is 1020. The number of carbonyl (C=O) groups excluding carboxylic acids is 1. The predicted octanol–water partition coefficient (Wildman–Crippen LogP) is 6.32. The van der Waals surface area contributed by atoms with Gasteiger partial charge in [0.05, 0.1) is 6.61 Å². The van der Waals surface area contributed by atoms with Gasteiger partial charge in [-0.3, -0.25) is 0 Å². The molecule has 0 aliphatic rings. The number of hydrogen-bond acceptors (Lipinski definition) is 4. The van der Waals surface area contributed by atoms with Gasteiger partial charge in [0, 0.05) is 13.0 Å². The number of benzene rings is 3. The Morgan fingerprint density at radius 1 is 0.794 bits per heavy atom. The fourth-order valence-corrected chi connectivity index (χ4v) is 3.67. The van der Waals surface area contributed by atoms with Gasteiger partial charge in [0.15, 0.2) is 6.10 Å². The summed E-state index contributed by atoms with van der Waals surface area (Å²) in [5.41, 5.74) is 6.93. The van der Waals surface area contributed by atoms with Gasteiger partial charge in [-0.15, -0.1) is 0 Å². The van der Waals surface area contributed by atoms with Gasteiger partial charge in [-0.1, -0.05) is 71.8 Å². The van der Waals surface area contributed by atoms with E-state index in [2.05, 4.69) is 68.5 Å². The summed E-state index contributed by atoms with van der Waals surface area (Å²) in [5.74, 6) is 0.450. The minimum absolute atomic E-state index is 0.324. The molecule has 0 saturated carbocycles. The second-order valence-electron chi connectivity index (χ2n) is 8.20. The molecule has 0 unspecified atom stereocenters. The van der Waals surface area contributed by atoms with Gasteiger partial charge in [0.2, 0.25) is 0 Å². The Morgan fingerprint density at radius 3 is 1.85 bits per heavy atom. The summed E-state index contributed by atoms with van der Waals surface area (Å²) < 4.78 is 16.7. The van der Waals surface area contributed by atoms with Crippen LogP contribution in [0, 0.1) is 13.8 Å². The quantitative estimate of drug-likeness (QED) is 0.315. The first-order valence-corrected chi connectivity index (χ1v) is 11.8. The van der Waals surface area contributed by atoms with Crippen LogP contribution in [0.2, 0.25) is 0 Å². The summed E-state index contributed by atoms with van der Waals surface area (Å²) in [5, 5.41) is 0. The predicted molar refractivity (Wildman–Crippen MR) is 137 cm³/mol. The SMILES string of the molecule is CCOC(=O)[C@H](Cc1ccc(OCC=C(c2ccc(C)cc2)c2ccc(C)cc2)cc1)OCC. The Hall–Kier alpha value is -3.37. The van der Waals surface area contributed by atoms with Crippen LogP contribution in [0.3, 0.4) is 0 Å². The average Bonchev–Trinajstić information content (AvgIpc) is 2.84. The molecule has 3 rings (SSSR count). The van der Waals surface area contributed by atoms with Crippen LogP contribution in [0.25, 0.3) is 5.57 Å². The summed E-state index contributed by atoms with van der Waals surface area (Å²) in [6.45, 7) is 9.10. The molecule has 34 heavy (non-hydrogen) atoms. The molecule has 0 aliphatic heterocycles. The number of carbonyl (C=O) groups is 1. The topological polar surface area (TPSA) is 44.8 Å². The van der Waals surface area contributed by atoms with Gasteiger partial charge in [-0.2, -0.15) is 0 Å². The lowest BCUT2D eigenvalue weighted by molar-refractivity contribution is -0.156. The number of aryl methyl sites for hydroxylation is 2. The lowest BCUT2D eigenvalue weighted by Crippen LogP contribution is -2.28. The molecule has 4 heteroatoms. The van der Waals surface area contributed by atoms with Crippen molar-refractivity contribution in [1.82, 2.24) is 0 Å². The molecular weight excluding hydrogens is 424 g/mol. The molecular formula is C30H34O4. The summed E-state index contributed by atoms with van der Waals surface area (Å²) in [6.07, 6.45) is 2.00. The molecule has 0 radical (unpaired) electrons. The van der Waals surface area contributed by atoms with Crippen LogP contribution in [0.15, 0.2) is 78.9 Å². The Morgan fingerprint density at radius 2 is 1.35 bits per heavy atom. The van der Waals surface area contributed by atoms with Gasteiger partial charge in [0.25, 0.3) is 0 Å². The summed E-state index contributed by atoms with van der Waals surface area (Å²) in [6, 6.07) is 24.9. The Balaban J connectivity index is 1.69. The van der Waals surface area contributed by atoms with Crippen LogP contribution >= 0.6 is 0 Å². The first kappa shape index (κ1) is 25.3. The van der Waals surface area contributed by atoms with Crippen LogP contribution in [-0.4, -0.2) is 31.9 Å². The molecule has 0 aliphatic carbocycles. The highest BCUT2D eigenvalue weighted by molar-refractivity contribution is 5.80. The fourth-order valence-electron chi connectivity index (χ4n) is 3.67. The third kappa shape index (κ3) is 7.32. The van der Waals surface area contributed by atoms with E-state index < -0.39 is 6.10 Å². The van der Waals surface area contributed by atoms with Crippen molar-refractivity contribution in [2.75, 3.05) is 19.8 Å². The molecule has 1 atom stereocenters. The van der Waals surface area contributed by atoms with Crippen molar-refractivity contribution in [2.24, 2.45) is 0 Å². The first-order chi connectivity index (χ1) is 16.5. The maximum Gasteiger partial charge on any atom is 0.335 e. The zero-order chi connectivity index (χ0) is 24.3. The number of ether oxygens (including phenoxy) is 3. The van der Waals surface area contributed by atoms with E-state index in [0.717, 1.165) is 28.0 Å². The van der Waals surface area contributed by atoms with Crippen molar-refractivity contribution in [1.29, 1.82) is 0 Å². The molecule has 3 aromatic rings. The summed E-state index contributed by atoms with van der Waals surface area (Å²) in [4.78, 5) is 12.1. The smallest absolute Gasteiger partial charge is 0.335 e. The zero-order valence-electron chi connectivity index (χ0n) is 20.5. The highest BCUT2D eigenvalue weighted by Gasteiger charge is 2.20. The van der Waals surface area contributed by atoms with E-state index >= 15 is 0 Å². The van der Waals surface area contributed by atoms with Crippen LogP contribution in [0.1, 0.15) is 41.7 Å². The largest absolute Gasteiger partial charge is 0.490 e. The summed E-state index contributed by atoms with van der Waals surface area (Å²) in [7, 11) is 0. The van der Waals surface area contributed by atoms with E-state index in [0.29, 0.717) is 26.2 Å². The highest BCUT2D eigenvalue weighted by Crippen LogP contribution is 2.24. The molecule has 0 spiro atoms. The maximum absolute atomic E-state index is 12.1. The van der Waals surface area contributed by atoms with Gasteiger partial charge < -0.3 is 14.2 Å². The second-order valence-corrected chi connectivity index (χ2v) is 8.20. The molecule has 3 aromatic carbocycles. The lowest BCUT2D eigenvalue weighted by Gasteiger charge is -2.16. The number of esters is 1. The molecule has 0 heterocycles. The van der Waals surface area contributed by atoms with E-state index in [-0.39, 0.29) is 5.97 Å². The van der Waals surface area contributed by atoms with Gasteiger partial charge >= 0.3 is 5.97 Å². The molecule has 0 aromatic heterocycles. The van der Waals surface area contributed by atoms with E-state index in [1.165, 1.54) is 11.1 Å². The van der Waals surface area contributed by atoms with Gasteiger partial charge in [0.1, 0.15) is 12.4 Å². The monoisotopic (exact) mass is 458 g/mol. The van der Waals surface area contributed by atoms with E-state index in [1.54, 1.807) is 6.92 Å². The normalized spacial score (nSPS) is 11.5. The first-order valence-electron chi connectivity index (χ1n) is 11.8. The van der Waals surface area contributed by atoms with E-state index in [4.69, 9.17) is 14.2 Å². The standard InChI is InChI=1S/C30H34O4/c1-5-32-29(30(31)33-6-2)21-24-11-17-27(18-12-24)34-20-19-28(25-13-7-22(3)8-14-25)26-15-9-23(4)10-16-26/h7-19,29H,5-6,20-21H2,1-4H3/t29-/m0/s1. The van der Waals surface area contributed by atoms with Crippen LogP contribution in [0.4, 0.5) is 0 Å². The van der Waals surface area contributed by atoms with E-state index in [1.807, 2.05) is 31.2 Å². The van der Waals surface area contributed by atoms with Gasteiger partial charge in [-0.05, 0) is 68.2 Å². The number of rotatable bonds is 11. The Labute approximate surface area is 203 Å². The minimum atomic E-state index is -0.591. The van der Waals surface area contributed by atoms with Crippen LogP contribution in [0.5, 0.6) is 5.75 Å². The van der Waals surface area contributed by atoms with E-state index in [9.17, 15) is 4.79 Å². The van der Waals surface area contributed by atoms with Crippen molar-refractivity contribution < 1.29 is 19.0 Å². The third-order valence-corrected chi connectivity index (χ3v) is 5.52. The van der Waals surface area contributed by atoms with Gasteiger partial charge in [-0.25, -0.2) is 4.79 Å². The van der Waals surface area contributed by atoms with Crippen molar-refractivity contribution in [3.05, 3.63) is 107 Å². The molecule has 178 valence electrons. The molecule has 0 bridgehead atoms. The maximum atomic E-state index is 12.1. The lowest BCUT2D eigenvalue weighted by atomic mass is 9.96. The minimum Gasteiger partial charge on any atom is -0.490 e. The third-order valence-electron chi connectivity index (χ3n) is 5.52. The highest BCUT2D eigenvalue weighted by atomic mass is 16.6. The van der Waals surface area contributed by atoms with Crippen molar-refractivity contribution >= 4 is 11.5 Å². The molecule has 0 fully saturated rings. The number of hydrogen-bond donors (Lipinski definition) is 0. The van der Waals surface area contributed by atoms with Crippen molar-refractivity contribution in [3.63, 3.8) is 0 Å². The summed E-state index contributed by atoms with van der Waals surface area (Å²) >= 11 is 0. The Kier molecular flexibility index (Phi) is 9.48. The zero-order valence-corrected chi connectivity index (χ0v) is 20.5. The average molecular weight is 459 g/mol. The fraction of sp³-hybridized carbons (Fsp3) is 0.300. The van der Waals surface area contributed by atoms with Crippen LogP contribution in [-0.2, 0) is 20.7 Å². The van der Waals surface area contributed by atoms with Crippen molar-refractivity contribution in [2.45, 2.75) is 40.2 Å². The van der Waals surface area contributed by atoms with Crippen LogP contribution < -0.4 is 4.74 Å². The second kappa shape index (κ2) is 12.8. The molecule has 0 N–H and O–H groups in total.